The third kappa shape index (κ3) is 3.59. The minimum absolute atomic E-state index is 0.185. The summed E-state index contributed by atoms with van der Waals surface area (Å²) in [5.74, 6) is -0.185. The van der Waals surface area contributed by atoms with Crippen LogP contribution in [0, 0.1) is 0 Å². The maximum atomic E-state index is 12.5. The highest BCUT2D eigenvalue weighted by molar-refractivity contribution is 6.04. The van der Waals surface area contributed by atoms with Crippen molar-refractivity contribution >= 4 is 22.5 Å². The molecule has 0 fully saturated rings. The lowest BCUT2D eigenvalue weighted by molar-refractivity contribution is 0.102. The predicted molar refractivity (Wildman–Crippen MR) is 104 cm³/mol. The number of hydrogen-bond donors (Lipinski definition) is 1. The number of carbonyl (C=O) groups excluding carboxylic acids is 1. The predicted octanol–water partition coefficient (Wildman–Crippen LogP) is 3.09. The first-order valence-electron chi connectivity index (χ1n) is 8.48. The quantitative estimate of drug-likeness (QED) is 0.610. The third-order valence-corrected chi connectivity index (χ3v) is 4.21. The number of carbonyl (C=O) groups is 1. The van der Waals surface area contributed by atoms with Crippen molar-refractivity contribution in [3.63, 3.8) is 0 Å². The van der Waals surface area contributed by atoms with Gasteiger partial charge in [0.2, 0.25) is 0 Å². The first-order chi connectivity index (χ1) is 13.2. The van der Waals surface area contributed by atoms with E-state index in [1.54, 1.807) is 30.3 Å². The average Bonchev–Trinajstić information content (AvgIpc) is 2.71. The topological polar surface area (TPSA) is 76.9 Å². The highest BCUT2D eigenvalue weighted by atomic mass is 16.1. The van der Waals surface area contributed by atoms with Crippen molar-refractivity contribution in [3.05, 3.63) is 100 Å². The molecule has 0 saturated carbocycles. The maximum absolute atomic E-state index is 12.5. The van der Waals surface area contributed by atoms with Crippen molar-refractivity contribution in [2.45, 2.75) is 6.54 Å². The SMILES string of the molecule is O=C(Nc1ccccc1)c1ccc(Cn2nnc3ccccc3c2=O)cc1. The van der Waals surface area contributed by atoms with Crippen LogP contribution < -0.4 is 10.9 Å². The van der Waals surface area contributed by atoms with E-state index < -0.39 is 0 Å². The van der Waals surface area contributed by atoms with E-state index in [0.29, 0.717) is 16.5 Å². The van der Waals surface area contributed by atoms with Gasteiger partial charge < -0.3 is 5.32 Å². The van der Waals surface area contributed by atoms with Crippen LogP contribution in [-0.4, -0.2) is 20.9 Å². The molecule has 0 bridgehead atoms. The molecule has 0 unspecified atom stereocenters. The van der Waals surface area contributed by atoms with Crippen LogP contribution in [0.1, 0.15) is 15.9 Å². The Bertz CT molecular complexity index is 1150. The summed E-state index contributed by atoms with van der Waals surface area (Å²) in [6, 6.07) is 23.5. The summed E-state index contributed by atoms with van der Waals surface area (Å²) in [4.78, 5) is 24.8. The molecule has 0 atom stereocenters. The number of amides is 1. The smallest absolute Gasteiger partial charge is 0.277 e. The summed E-state index contributed by atoms with van der Waals surface area (Å²) >= 11 is 0. The van der Waals surface area contributed by atoms with Crippen LogP contribution >= 0.6 is 0 Å². The second-order valence-corrected chi connectivity index (χ2v) is 6.09. The van der Waals surface area contributed by atoms with Crippen molar-refractivity contribution in [1.29, 1.82) is 0 Å². The molecule has 0 spiro atoms. The maximum Gasteiger partial charge on any atom is 0.277 e. The van der Waals surface area contributed by atoms with Crippen LogP contribution in [0.2, 0.25) is 0 Å². The van der Waals surface area contributed by atoms with Gasteiger partial charge in [-0.1, -0.05) is 47.7 Å². The average molecular weight is 356 g/mol. The van der Waals surface area contributed by atoms with Gasteiger partial charge in [0.15, 0.2) is 0 Å². The molecule has 6 nitrogen and oxygen atoms in total. The van der Waals surface area contributed by atoms with Crippen LogP contribution in [-0.2, 0) is 6.54 Å². The summed E-state index contributed by atoms with van der Waals surface area (Å²) < 4.78 is 1.32. The minimum atomic E-state index is -0.188. The van der Waals surface area contributed by atoms with Crippen LogP contribution in [0.4, 0.5) is 5.69 Å². The fourth-order valence-electron chi connectivity index (χ4n) is 2.79. The van der Waals surface area contributed by atoms with E-state index in [1.165, 1.54) is 4.68 Å². The molecule has 132 valence electrons. The second-order valence-electron chi connectivity index (χ2n) is 6.09. The van der Waals surface area contributed by atoms with Gasteiger partial charge in [0.25, 0.3) is 11.5 Å². The Labute approximate surface area is 155 Å². The lowest BCUT2D eigenvalue weighted by Crippen LogP contribution is -2.24. The van der Waals surface area contributed by atoms with E-state index in [2.05, 4.69) is 15.6 Å². The zero-order chi connectivity index (χ0) is 18.6. The number of rotatable bonds is 4. The highest BCUT2D eigenvalue weighted by Gasteiger charge is 2.08. The van der Waals surface area contributed by atoms with Gasteiger partial charge in [0, 0.05) is 11.3 Å². The lowest BCUT2D eigenvalue weighted by atomic mass is 10.1. The number of fused-ring (bicyclic) bond motifs is 1. The van der Waals surface area contributed by atoms with Crippen molar-refractivity contribution in [3.8, 4) is 0 Å². The van der Waals surface area contributed by atoms with Gasteiger partial charge in [0.1, 0.15) is 5.52 Å². The Kier molecular flexibility index (Phi) is 4.45. The standard InChI is InChI=1S/C21H16N4O2/c26-20(22-17-6-2-1-3-7-17)16-12-10-15(11-13-16)14-25-21(27)18-8-4-5-9-19(18)23-24-25/h1-13H,14H2,(H,22,26). The van der Waals surface area contributed by atoms with Crippen LogP contribution in [0.15, 0.2) is 83.7 Å². The number of benzene rings is 3. The highest BCUT2D eigenvalue weighted by Crippen LogP contribution is 2.11. The Morgan fingerprint density at radius 1 is 0.889 bits per heavy atom. The molecule has 0 aliphatic rings. The number of para-hydroxylation sites is 1. The molecule has 1 N–H and O–H groups in total. The van der Waals surface area contributed by atoms with Gasteiger partial charge in [-0.05, 0) is 42.0 Å². The molecule has 1 amide bonds. The molecule has 0 aliphatic heterocycles. The Morgan fingerprint density at radius 2 is 1.59 bits per heavy atom. The number of nitrogens with one attached hydrogen (secondary N) is 1. The first kappa shape index (κ1) is 16.7. The molecular weight excluding hydrogens is 340 g/mol. The Hall–Kier alpha value is -3.80. The second kappa shape index (κ2) is 7.21. The van der Waals surface area contributed by atoms with Crippen LogP contribution in [0.25, 0.3) is 10.9 Å². The molecule has 1 aromatic heterocycles. The number of anilines is 1. The summed E-state index contributed by atoms with van der Waals surface area (Å²) in [6.45, 7) is 0.289. The molecular formula is C21H16N4O2. The summed E-state index contributed by atoms with van der Waals surface area (Å²) in [5, 5.41) is 11.4. The van der Waals surface area contributed by atoms with Gasteiger partial charge in [-0.25, -0.2) is 4.68 Å². The number of nitrogens with zero attached hydrogens (tertiary/aromatic N) is 3. The Morgan fingerprint density at radius 3 is 2.37 bits per heavy atom. The van der Waals surface area contributed by atoms with E-state index in [-0.39, 0.29) is 18.0 Å². The summed E-state index contributed by atoms with van der Waals surface area (Å²) in [7, 11) is 0. The fraction of sp³-hybridized carbons (Fsp3) is 0.0476. The van der Waals surface area contributed by atoms with E-state index in [1.807, 2.05) is 48.5 Å². The van der Waals surface area contributed by atoms with Gasteiger partial charge >= 0.3 is 0 Å². The molecule has 0 radical (unpaired) electrons. The zero-order valence-electron chi connectivity index (χ0n) is 14.4. The molecule has 6 heteroatoms. The monoisotopic (exact) mass is 356 g/mol. The van der Waals surface area contributed by atoms with Crippen LogP contribution in [0.3, 0.4) is 0 Å². The van der Waals surface area contributed by atoms with Gasteiger partial charge in [-0.2, -0.15) is 0 Å². The van der Waals surface area contributed by atoms with E-state index in [4.69, 9.17) is 0 Å². The van der Waals surface area contributed by atoms with Crippen molar-refractivity contribution in [1.82, 2.24) is 15.0 Å². The summed E-state index contributed by atoms with van der Waals surface area (Å²) in [6.07, 6.45) is 0. The molecule has 3 aromatic carbocycles. The van der Waals surface area contributed by atoms with Crippen molar-refractivity contribution in [2.24, 2.45) is 0 Å². The molecule has 1 heterocycles. The molecule has 0 saturated heterocycles. The molecule has 27 heavy (non-hydrogen) atoms. The number of hydrogen-bond acceptors (Lipinski definition) is 4. The van der Waals surface area contributed by atoms with Gasteiger partial charge in [-0.3, -0.25) is 9.59 Å². The van der Waals surface area contributed by atoms with Gasteiger partial charge in [-0.15, -0.1) is 5.10 Å². The molecule has 0 aliphatic carbocycles. The summed E-state index contributed by atoms with van der Waals surface area (Å²) in [5.41, 5.74) is 2.53. The van der Waals surface area contributed by atoms with Crippen LogP contribution in [0.5, 0.6) is 0 Å². The normalized spacial score (nSPS) is 10.7. The van der Waals surface area contributed by atoms with E-state index >= 15 is 0 Å². The van der Waals surface area contributed by atoms with Crippen molar-refractivity contribution in [2.75, 3.05) is 5.32 Å². The lowest BCUT2D eigenvalue weighted by Gasteiger charge is -2.07. The largest absolute Gasteiger partial charge is 0.322 e. The zero-order valence-corrected chi connectivity index (χ0v) is 14.4. The van der Waals surface area contributed by atoms with E-state index in [9.17, 15) is 9.59 Å². The van der Waals surface area contributed by atoms with Gasteiger partial charge in [0.05, 0.1) is 11.9 Å². The fourth-order valence-corrected chi connectivity index (χ4v) is 2.79. The van der Waals surface area contributed by atoms with E-state index in [0.717, 1.165) is 11.3 Å². The third-order valence-electron chi connectivity index (χ3n) is 4.21. The molecule has 4 aromatic rings. The van der Waals surface area contributed by atoms with Crippen molar-refractivity contribution < 1.29 is 4.79 Å². The molecule has 4 rings (SSSR count). The number of aromatic nitrogens is 3. The minimum Gasteiger partial charge on any atom is -0.322 e. The first-order valence-corrected chi connectivity index (χ1v) is 8.48. The Balaban J connectivity index is 1.52.